The summed E-state index contributed by atoms with van der Waals surface area (Å²) < 4.78 is 4.60. The molecule has 0 saturated carbocycles. The number of methoxy groups -OCH3 is 1. The third kappa shape index (κ3) is 2.60. The quantitative estimate of drug-likeness (QED) is 0.694. The van der Waals surface area contributed by atoms with Crippen molar-refractivity contribution >= 4 is 17.5 Å². The molecule has 0 radical (unpaired) electrons. The number of anilines is 2. The first kappa shape index (κ1) is 12.3. The maximum absolute atomic E-state index is 11.4. The Hall–Kier alpha value is -1.82. The fraction of sp³-hybridized carbons (Fsp3) is 0.400. The molecule has 0 saturated heterocycles. The number of ether oxygens (including phenoxy) is 1. The van der Waals surface area contributed by atoms with E-state index in [9.17, 15) is 4.79 Å². The van der Waals surface area contributed by atoms with Crippen LogP contribution in [0, 0.1) is 0 Å². The molecule has 0 aliphatic rings. The van der Waals surface area contributed by atoms with Crippen LogP contribution in [0.3, 0.4) is 0 Å². The number of carbonyl (C=O) groups is 1. The molecule has 0 spiro atoms. The van der Waals surface area contributed by atoms with Crippen molar-refractivity contribution in [3.05, 3.63) is 17.8 Å². The van der Waals surface area contributed by atoms with Crippen molar-refractivity contribution < 1.29 is 14.6 Å². The largest absolute Gasteiger partial charge is 0.465 e. The number of rotatable bonds is 4. The topological polar surface area (TPSA) is 88.7 Å². The zero-order valence-electron chi connectivity index (χ0n) is 9.30. The van der Waals surface area contributed by atoms with Crippen molar-refractivity contribution in [2.75, 3.05) is 37.9 Å². The van der Waals surface area contributed by atoms with Gasteiger partial charge in [-0.3, -0.25) is 0 Å². The van der Waals surface area contributed by atoms with Gasteiger partial charge in [-0.05, 0) is 6.07 Å². The molecule has 6 nitrogen and oxygen atoms in total. The highest BCUT2D eigenvalue weighted by Gasteiger charge is 2.13. The molecular formula is C10H15N3O3. The van der Waals surface area contributed by atoms with Crippen molar-refractivity contribution in [3.8, 4) is 0 Å². The molecule has 88 valence electrons. The van der Waals surface area contributed by atoms with Gasteiger partial charge in [0.2, 0.25) is 0 Å². The van der Waals surface area contributed by atoms with Gasteiger partial charge in [-0.1, -0.05) is 0 Å². The number of nitrogens with two attached hydrogens (primary N) is 1. The van der Waals surface area contributed by atoms with E-state index in [0.717, 1.165) is 0 Å². The number of pyridine rings is 1. The Balaban J connectivity index is 3.02. The summed E-state index contributed by atoms with van der Waals surface area (Å²) >= 11 is 0. The van der Waals surface area contributed by atoms with Gasteiger partial charge in [-0.25, -0.2) is 9.78 Å². The first-order valence-corrected chi connectivity index (χ1v) is 4.76. The first-order valence-electron chi connectivity index (χ1n) is 4.76. The van der Waals surface area contributed by atoms with Crippen molar-refractivity contribution in [1.82, 2.24) is 4.98 Å². The molecule has 16 heavy (non-hydrogen) atoms. The van der Waals surface area contributed by atoms with Gasteiger partial charge in [0, 0.05) is 13.6 Å². The number of aromatic nitrogens is 1. The summed E-state index contributed by atoms with van der Waals surface area (Å²) in [5, 5.41) is 8.79. The average Bonchev–Trinajstić information content (AvgIpc) is 2.29. The number of nitrogens with zero attached hydrogens (tertiary/aromatic N) is 2. The molecule has 0 aromatic carbocycles. The number of aliphatic hydroxyl groups excluding tert-OH is 1. The van der Waals surface area contributed by atoms with Gasteiger partial charge in [-0.15, -0.1) is 0 Å². The standard InChI is InChI=1S/C10H15N3O3/c1-13(3-4-14)9-5-7(10(15)16-2)8(11)6-12-9/h5-6,14H,3-4,11H2,1-2H3. The highest BCUT2D eigenvalue weighted by atomic mass is 16.5. The summed E-state index contributed by atoms with van der Waals surface area (Å²) in [4.78, 5) is 17.1. The normalized spacial score (nSPS) is 9.94. The average molecular weight is 225 g/mol. The van der Waals surface area contributed by atoms with Crippen LogP contribution in [-0.2, 0) is 4.74 Å². The lowest BCUT2D eigenvalue weighted by atomic mass is 10.2. The summed E-state index contributed by atoms with van der Waals surface area (Å²) in [7, 11) is 3.05. The number of hydrogen-bond donors (Lipinski definition) is 2. The third-order valence-electron chi connectivity index (χ3n) is 2.15. The third-order valence-corrected chi connectivity index (χ3v) is 2.15. The number of esters is 1. The van der Waals surface area contributed by atoms with E-state index >= 15 is 0 Å². The second kappa shape index (κ2) is 5.32. The van der Waals surface area contributed by atoms with Crippen LogP contribution < -0.4 is 10.6 Å². The van der Waals surface area contributed by atoms with Gasteiger partial charge in [0.15, 0.2) is 0 Å². The molecule has 0 atom stereocenters. The molecule has 1 aromatic rings. The molecule has 0 unspecified atom stereocenters. The minimum absolute atomic E-state index is 0.0100. The summed E-state index contributed by atoms with van der Waals surface area (Å²) in [5.41, 5.74) is 6.16. The zero-order valence-corrected chi connectivity index (χ0v) is 9.30. The van der Waals surface area contributed by atoms with Gasteiger partial charge >= 0.3 is 5.97 Å². The van der Waals surface area contributed by atoms with E-state index in [1.54, 1.807) is 11.9 Å². The molecule has 0 aliphatic heterocycles. The first-order chi connectivity index (χ1) is 7.60. The number of hydrogen-bond acceptors (Lipinski definition) is 6. The second-order valence-corrected chi connectivity index (χ2v) is 3.27. The monoisotopic (exact) mass is 225 g/mol. The maximum Gasteiger partial charge on any atom is 0.340 e. The molecule has 6 heteroatoms. The lowest BCUT2D eigenvalue weighted by Crippen LogP contribution is -2.22. The Bertz CT molecular complexity index is 382. The fourth-order valence-electron chi connectivity index (χ4n) is 1.21. The lowest BCUT2D eigenvalue weighted by molar-refractivity contribution is 0.0602. The van der Waals surface area contributed by atoms with Gasteiger partial charge in [0.05, 0.1) is 31.2 Å². The minimum Gasteiger partial charge on any atom is -0.465 e. The molecule has 1 aromatic heterocycles. The van der Waals surface area contributed by atoms with Crippen molar-refractivity contribution in [2.45, 2.75) is 0 Å². The highest BCUT2D eigenvalue weighted by Crippen LogP contribution is 2.17. The number of carbonyl (C=O) groups excluding carboxylic acids is 1. The summed E-state index contributed by atoms with van der Waals surface area (Å²) in [5.74, 6) is 0.0576. The van der Waals surface area contributed by atoms with Crippen molar-refractivity contribution in [1.29, 1.82) is 0 Å². The molecule has 1 heterocycles. The van der Waals surface area contributed by atoms with Gasteiger partial charge < -0.3 is 20.5 Å². The van der Waals surface area contributed by atoms with E-state index in [2.05, 4.69) is 9.72 Å². The van der Waals surface area contributed by atoms with Crippen LogP contribution in [0.5, 0.6) is 0 Å². The Morgan fingerprint density at radius 3 is 2.94 bits per heavy atom. The summed E-state index contributed by atoms with van der Waals surface area (Å²) in [6.45, 7) is 0.438. The SMILES string of the molecule is COC(=O)c1cc(N(C)CCO)ncc1N. The second-order valence-electron chi connectivity index (χ2n) is 3.27. The van der Waals surface area contributed by atoms with Crippen LogP contribution in [0.2, 0.25) is 0 Å². The Kier molecular flexibility index (Phi) is 4.07. The number of nitrogen functional groups attached to an aromatic ring is 1. The highest BCUT2D eigenvalue weighted by molar-refractivity contribution is 5.95. The van der Waals surface area contributed by atoms with E-state index < -0.39 is 5.97 Å². The Morgan fingerprint density at radius 1 is 1.69 bits per heavy atom. The smallest absolute Gasteiger partial charge is 0.340 e. The van der Waals surface area contributed by atoms with Crippen LogP contribution in [0.15, 0.2) is 12.3 Å². The Labute approximate surface area is 93.6 Å². The summed E-state index contributed by atoms with van der Waals surface area (Å²) in [6, 6.07) is 1.54. The lowest BCUT2D eigenvalue weighted by Gasteiger charge is -2.17. The predicted octanol–water partition coefficient (Wildman–Crippen LogP) is -0.121. The van der Waals surface area contributed by atoms with Crippen molar-refractivity contribution in [3.63, 3.8) is 0 Å². The Morgan fingerprint density at radius 2 is 2.38 bits per heavy atom. The predicted molar refractivity (Wildman–Crippen MR) is 60.3 cm³/mol. The fourth-order valence-corrected chi connectivity index (χ4v) is 1.21. The van der Waals surface area contributed by atoms with Crippen LogP contribution >= 0.6 is 0 Å². The molecule has 0 bridgehead atoms. The van der Waals surface area contributed by atoms with E-state index in [0.29, 0.717) is 12.4 Å². The van der Waals surface area contributed by atoms with Crippen LogP contribution in [0.25, 0.3) is 0 Å². The van der Waals surface area contributed by atoms with Crippen LogP contribution in [0.4, 0.5) is 11.5 Å². The van der Waals surface area contributed by atoms with E-state index in [1.165, 1.54) is 19.4 Å². The molecular weight excluding hydrogens is 210 g/mol. The summed E-state index contributed by atoms with van der Waals surface area (Å²) in [6.07, 6.45) is 1.40. The maximum atomic E-state index is 11.4. The van der Waals surface area contributed by atoms with E-state index in [1.807, 2.05) is 0 Å². The number of aliphatic hydroxyl groups is 1. The molecule has 1 rings (SSSR count). The van der Waals surface area contributed by atoms with Gasteiger partial charge in [-0.2, -0.15) is 0 Å². The molecule has 0 fully saturated rings. The van der Waals surface area contributed by atoms with E-state index in [-0.39, 0.29) is 17.9 Å². The zero-order chi connectivity index (χ0) is 12.1. The van der Waals surface area contributed by atoms with Crippen LogP contribution in [-0.4, -0.2) is 43.4 Å². The minimum atomic E-state index is -0.501. The van der Waals surface area contributed by atoms with Crippen LogP contribution in [0.1, 0.15) is 10.4 Å². The van der Waals surface area contributed by atoms with Gasteiger partial charge in [0.1, 0.15) is 5.82 Å². The molecule has 0 amide bonds. The van der Waals surface area contributed by atoms with E-state index in [4.69, 9.17) is 10.8 Å². The van der Waals surface area contributed by atoms with Gasteiger partial charge in [0.25, 0.3) is 0 Å². The van der Waals surface area contributed by atoms with Crippen molar-refractivity contribution in [2.24, 2.45) is 0 Å². The molecule has 3 N–H and O–H groups in total. The number of likely N-dealkylation sites (N-methyl/N-ethyl adjacent to an activating group) is 1. The molecule has 0 aliphatic carbocycles.